The Balaban J connectivity index is 1.14. The highest BCUT2D eigenvalue weighted by molar-refractivity contribution is 6.06. The van der Waals surface area contributed by atoms with Gasteiger partial charge in [0.25, 0.3) is 0 Å². The summed E-state index contributed by atoms with van der Waals surface area (Å²) < 4.78 is 12.1. The molecule has 1 amide bonds. The largest absolute Gasteiger partial charge is 0.491 e. The Labute approximate surface area is 293 Å². The third-order valence-electron chi connectivity index (χ3n) is 12.1. The molecule has 2 aromatic carbocycles. The van der Waals surface area contributed by atoms with Crippen molar-refractivity contribution >= 4 is 39.5 Å². The molecule has 11 heteroatoms. The molecular formula is C39H48N8O3. The van der Waals surface area contributed by atoms with Crippen molar-refractivity contribution < 1.29 is 14.3 Å². The van der Waals surface area contributed by atoms with Crippen molar-refractivity contribution in [3.63, 3.8) is 0 Å². The molecule has 1 aliphatic carbocycles. The van der Waals surface area contributed by atoms with Gasteiger partial charge in [0.1, 0.15) is 11.3 Å². The molecule has 0 atom stereocenters. The van der Waals surface area contributed by atoms with Gasteiger partial charge in [-0.05, 0) is 80.3 Å². The van der Waals surface area contributed by atoms with Crippen molar-refractivity contribution in [2.45, 2.75) is 45.4 Å². The number of aromatic nitrogens is 4. The molecule has 262 valence electrons. The molecule has 2 spiro atoms. The Kier molecular flexibility index (Phi) is 7.58. The molecule has 4 aromatic rings. The van der Waals surface area contributed by atoms with Crippen LogP contribution >= 0.6 is 0 Å². The third kappa shape index (κ3) is 5.15. The van der Waals surface area contributed by atoms with Crippen molar-refractivity contribution in [1.82, 2.24) is 30.0 Å². The van der Waals surface area contributed by atoms with E-state index in [0.29, 0.717) is 17.9 Å². The number of fused-ring (bicyclic) bond motifs is 2. The zero-order valence-corrected chi connectivity index (χ0v) is 29.6. The summed E-state index contributed by atoms with van der Waals surface area (Å²) in [6.45, 7) is 17.8. The number of H-pyrrole nitrogens is 1. The molecule has 4 aliphatic heterocycles. The molecular weight excluding hydrogens is 628 g/mol. The second kappa shape index (κ2) is 11.9. The van der Waals surface area contributed by atoms with Crippen LogP contribution in [0.5, 0.6) is 5.75 Å². The number of ether oxygens (including phenoxy) is 2. The van der Waals surface area contributed by atoms with E-state index in [1.807, 2.05) is 11.1 Å². The van der Waals surface area contributed by atoms with Crippen molar-refractivity contribution in [3.05, 3.63) is 48.2 Å². The van der Waals surface area contributed by atoms with Gasteiger partial charge in [-0.15, -0.1) is 0 Å². The van der Waals surface area contributed by atoms with E-state index in [-0.39, 0.29) is 11.3 Å². The van der Waals surface area contributed by atoms with Gasteiger partial charge in [0.05, 0.1) is 24.9 Å². The number of methoxy groups -OCH3 is 1. The molecule has 1 saturated carbocycles. The van der Waals surface area contributed by atoms with Gasteiger partial charge in [-0.2, -0.15) is 10.1 Å². The smallest absolute Gasteiger partial charge is 0.245 e. The molecule has 0 radical (unpaired) electrons. The summed E-state index contributed by atoms with van der Waals surface area (Å²) in [5.41, 5.74) is 7.29. The van der Waals surface area contributed by atoms with Crippen LogP contribution in [0.2, 0.25) is 0 Å². The maximum atomic E-state index is 12.3. The second-order valence-corrected chi connectivity index (χ2v) is 15.7. The number of carbonyl (C=O) groups excluding carboxylic acids is 1. The van der Waals surface area contributed by atoms with Crippen LogP contribution in [-0.4, -0.2) is 115 Å². The molecule has 5 fully saturated rings. The number of carbonyl (C=O) groups is 1. The highest BCUT2D eigenvalue weighted by Gasteiger charge is 2.52. The minimum absolute atomic E-state index is 0.0401. The number of hydrogen-bond donors (Lipinski definition) is 1. The highest BCUT2D eigenvalue weighted by Crippen LogP contribution is 2.53. The number of nitrogens with zero attached hydrogens (tertiary/aromatic N) is 7. The van der Waals surface area contributed by atoms with Gasteiger partial charge >= 0.3 is 0 Å². The Morgan fingerprint density at radius 2 is 1.80 bits per heavy atom. The van der Waals surface area contributed by atoms with E-state index in [2.05, 4.69) is 63.5 Å². The fourth-order valence-electron chi connectivity index (χ4n) is 9.27. The molecule has 9 rings (SSSR count). The van der Waals surface area contributed by atoms with Crippen LogP contribution in [0, 0.1) is 17.8 Å². The van der Waals surface area contributed by atoms with Crippen LogP contribution in [0.25, 0.3) is 32.9 Å². The van der Waals surface area contributed by atoms with Crippen molar-refractivity contribution in [3.8, 4) is 16.9 Å². The van der Waals surface area contributed by atoms with Crippen LogP contribution in [0.4, 0.5) is 11.8 Å². The average molecular weight is 677 g/mol. The quantitative estimate of drug-likeness (QED) is 0.229. The van der Waals surface area contributed by atoms with Gasteiger partial charge in [0.2, 0.25) is 11.9 Å². The Morgan fingerprint density at radius 3 is 2.50 bits per heavy atom. The fourth-order valence-corrected chi connectivity index (χ4v) is 9.27. The topological polar surface area (TPSA) is 103 Å². The summed E-state index contributed by atoms with van der Waals surface area (Å²) in [5, 5.41) is 9.83. The molecule has 50 heavy (non-hydrogen) atoms. The summed E-state index contributed by atoms with van der Waals surface area (Å²) in [4.78, 5) is 32.4. The van der Waals surface area contributed by atoms with E-state index in [0.717, 1.165) is 123 Å². The number of hydrogen-bond acceptors (Lipinski definition) is 9. The highest BCUT2D eigenvalue weighted by atomic mass is 16.5. The number of aromatic amines is 1. The average Bonchev–Trinajstić information content (AvgIpc) is 3.82. The minimum Gasteiger partial charge on any atom is -0.491 e. The summed E-state index contributed by atoms with van der Waals surface area (Å²) in [7, 11) is 1.77. The van der Waals surface area contributed by atoms with Crippen LogP contribution in [0.3, 0.4) is 0 Å². The van der Waals surface area contributed by atoms with E-state index in [1.165, 1.54) is 35.6 Å². The molecule has 1 N–H and O–H groups in total. The molecule has 0 bridgehead atoms. The standard InChI is InChI=1S/C39H48N8O3/c1-5-31(48)46-21-38(22-46)11-13-45(14-12-38)36-28-17-27(26-8-9-26)33(32-25(3)7-10-30-29(32)18-40-43-30)35(50-6-2)34(28)41-37(42-36)47-23-39(24-47)19-44(20-39)15-16-49-4/h5,7,10,17-18,26H,1,6,8-9,11-16,19-24H2,2-4H3,(H,40,43). The Hall–Kier alpha value is -4.22. The van der Waals surface area contributed by atoms with Gasteiger partial charge in [0, 0.05) is 93.2 Å². The van der Waals surface area contributed by atoms with Crippen molar-refractivity contribution in [2.24, 2.45) is 10.8 Å². The zero-order valence-electron chi connectivity index (χ0n) is 29.6. The van der Waals surface area contributed by atoms with Gasteiger partial charge < -0.3 is 24.2 Å². The van der Waals surface area contributed by atoms with E-state index in [1.54, 1.807) is 7.11 Å². The number of piperidine rings is 1. The number of rotatable bonds is 10. The van der Waals surface area contributed by atoms with E-state index in [4.69, 9.17) is 19.4 Å². The van der Waals surface area contributed by atoms with E-state index in [9.17, 15) is 4.79 Å². The second-order valence-electron chi connectivity index (χ2n) is 15.7. The first-order valence-corrected chi connectivity index (χ1v) is 18.4. The fraction of sp³-hybridized carbons (Fsp3) is 0.538. The Morgan fingerprint density at radius 1 is 1.02 bits per heavy atom. The number of benzene rings is 2. The lowest BCUT2D eigenvalue weighted by molar-refractivity contribution is -0.139. The van der Waals surface area contributed by atoms with Gasteiger partial charge in [-0.3, -0.25) is 14.8 Å². The maximum absolute atomic E-state index is 12.3. The van der Waals surface area contributed by atoms with Gasteiger partial charge in [0.15, 0.2) is 5.75 Å². The van der Waals surface area contributed by atoms with Gasteiger partial charge in [-0.25, -0.2) is 4.98 Å². The maximum Gasteiger partial charge on any atom is 0.245 e. The number of amides is 1. The SMILES string of the molecule is C=CC(=O)N1CC2(CCN(c3nc(N4CC5(CN(CCOC)C5)C4)nc4c(OCC)c(-c5c(C)ccc6[nH]ncc56)c(C5CC5)cc34)CC2)C1. The van der Waals surface area contributed by atoms with Crippen LogP contribution < -0.4 is 14.5 Å². The van der Waals surface area contributed by atoms with Gasteiger partial charge in [-0.1, -0.05) is 12.6 Å². The molecule has 6 heterocycles. The van der Waals surface area contributed by atoms with Crippen LogP contribution in [0.1, 0.15) is 49.7 Å². The van der Waals surface area contributed by atoms with Crippen molar-refractivity contribution in [1.29, 1.82) is 0 Å². The lowest BCUT2D eigenvalue weighted by Gasteiger charge is -2.60. The number of anilines is 2. The summed E-state index contributed by atoms with van der Waals surface area (Å²) >= 11 is 0. The molecule has 4 saturated heterocycles. The molecule has 2 aromatic heterocycles. The third-order valence-corrected chi connectivity index (χ3v) is 12.1. The zero-order chi connectivity index (χ0) is 34.2. The lowest BCUT2D eigenvalue weighted by Crippen LogP contribution is -2.72. The number of likely N-dealkylation sites (tertiary alicyclic amines) is 2. The van der Waals surface area contributed by atoms with Crippen molar-refractivity contribution in [2.75, 3.05) is 89.0 Å². The lowest BCUT2D eigenvalue weighted by atomic mass is 9.72. The minimum atomic E-state index is 0.0401. The number of nitrogens with one attached hydrogen (secondary N) is 1. The summed E-state index contributed by atoms with van der Waals surface area (Å²) in [6, 6.07) is 6.70. The van der Waals surface area contributed by atoms with Crippen LogP contribution in [0.15, 0.2) is 37.1 Å². The predicted molar refractivity (Wildman–Crippen MR) is 196 cm³/mol. The summed E-state index contributed by atoms with van der Waals surface area (Å²) in [5.74, 6) is 3.19. The molecule has 11 nitrogen and oxygen atoms in total. The van der Waals surface area contributed by atoms with Crippen LogP contribution in [-0.2, 0) is 9.53 Å². The first-order valence-electron chi connectivity index (χ1n) is 18.4. The first kappa shape index (κ1) is 31.7. The monoisotopic (exact) mass is 676 g/mol. The van der Waals surface area contributed by atoms with E-state index < -0.39 is 0 Å². The normalized spacial score (nSPS) is 21.1. The summed E-state index contributed by atoms with van der Waals surface area (Å²) in [6.07, 6.45) is 7.80. The molecule has 5 aliphatic rings. The first-order chi connectivity index (χ1) is 24.3. The predicted octanol–water partition coefficient (Wildman–Crippen LogP) is 5.14. The number of aryl methyl sites for hydroxylation is 1. The van der Waals surface area contributed by atoms with E-state index >= 15 is 0 Å². The molecule has 0 unspecified atom stereocenters. The Bertz CT molecular complexity index is 1970.